The van der Waals surface area contributed by atoms with Crippen molar-refractivity contribution in [2.75, 3.05) is 11.9 Å². The highest BCUT2D eigenvalue weighted by Gasteiger charge is 2.13. The number of carbonyl (C=O) groups is 1. The van der Waals surface area contributed by atoms with Crippen LogP contribution in [0.5, 0.6) is 5.75 Å². The van der Waals surface area contributed by atoms with Gasteiger partial charge >= 0.3 is 0 Å². The molecule has 0 bridgehead atoms. The van der Waals surface area contributed by atoms with Crippen LogP contribution in [0.15, 0.2) is 42.5 Å². The number of anilines is 1. The molecule has 8 heteroatoms. The molecule has 0 aliphatic carbocycles. The summed E-state index contributed by atoms with van der Waals surface area (Å²) in [6.45, 7) is 0.219. The van der Waals surface area contributed by atoms with E-state index in [0.717, 1.165) is 18.2 Å². The zero-order valence-electron chi connectivity index (χ0n) is 12.5. The molecule has 1 amide bonds. The Bertz CT molecular complexity index is 735. The van der Waals surface area contributed by atoms with Gasteiger partial charge in [0, 0.05) is 18.6 Å². The molecule has 0 aromatic heterocycles. The minimum Gasteiger partial charge on any atom is -0.494 e. The zero-order valence-corrected chi connectivity index (χ0v) is 12.5. The smallest absolute Gasteiger partial charge is 0.271 e. The van der Waals surface area contributed by atoms with Crippen molar-refractivity contribution >= 4 is 17.3 Å². The second-order valence-corrected chi connectivity index (χ2v) is 4.88. The van der Waals surface area contributed by atoms with E-state index in [9.17, 15) is 23.7 Å². The SMILES string of the molecule is O=C(CCCOc1ccc(F)cc1)Nc1cc([N+](=O)[O-])ccc1F. The van der Waals surface area contributed by atoms with E-state index < -0.39 is 16.6 Å². The topological polar surface area (TPSA) is 81.5 Å². The zero-order chi connectivity index (χ0) is 17.5. The Morgan fingerprint density at radius 3 is 2.54 bits per heavy atom. The van der Waals surface area contributed by atoms with Gasteiger partial charge in [0.1, 0.15) is 17.4 Å². The summed E-state index contributed by atoms with van der Waals surface area (Å²) in [6, 6.07) is 8.34. The summed E-state index contributed by atoms with van der Waals surface area (Å²) in [5.41, 5.74) is -0.556. The third-order valence-corrected chi connectivity index (χ3v) is 3.07. The van der Waals surface area contributed by atoms with Gasteiger partial charge in [-0.2, -0.15) is 0 Å². The normalized spacial score (nSPS) is 10.2. The number of carbonyl (C=O) groups excluding carboxylic acids is 1. The first-order valence-corrected chi connectivity index (χ1v) is 7.08. The molecule has 2 aromatic rings. The van der Waals surface area contributed by atoms with Crippen molar-refractivity contribution in [1.82, 2.24) is 0 Å². The number of hydrogen-bond acceptors (Lipinski definition) is 4. The van der Waals surface area contributed by atoms with Crippen molar-refractivity contribution in [3.05, 3.63) is 64.2 Å². The summed E-state index contributed by atoms with van der Waals surface area (Å²) in [5, 5.41) is 12.9. The monoisotopic (exact) mass is 336 g/mol. The maximum atomic E-state index is 13.5. The number of nitro groups is 1. The maximum Gasteiger partial charge on any atom is 0.271 e. The van der Waals surface area contributed by atoms with Crippen molar-refractivity contribution in [2.24, 2.45) is 0 Å². The number of halogens is 2. The Labute approximate surface area is 136 Å². The van der Waals surface area contributed by atoms with Crippen LogP contribution in [0.25, 0.3) is 0 Å². The maximum absolute atomic E-state index is 13.5. The molecule has 0 unspecified atom stereocenters. The molecule has 2 rings (SSSR count). The summed E-state index contributed by atoms with van der Waals surface area (Å²) < 4.78 is 31.6. The molecule has 24 heavy (non-hydrogen) atoms. The summed E-state index contributed by atoms with van der Waals surface area (Å²) in [6.07, 6.45) is 0.392. The van der Waals surface area contributed by atoms with Gasteiger partial charge in [0.25, 0.3) is 5.69 Å². The fraction of sp³-hybridized carbons (Fsp3) is 0.188. The van der Waals surface area contributed by atoms with Crippen molar-refractivity contribution < 1.29 is 23.2 Å². The number of hydrogen-bond donors (Lipinski definition) is 1. The Morgan fingerprint density at radius 1 is 1.17 bits per heavy atom. The number of nitrogens with zero attached hydrogens (tertiary/aromatic N) is 1. The van der Waals surface area contributed by atoms with Crippen LogP contribution >= 0.6 is 0 Å². The highest BCUT2D eigenvalue weighted by Crippen LogP contribution is 2.21. The number of benzene rings is 2. The predicted octanol–water partition coefficient (Wildman–Crippen LogP) is 3.67. The summed E-state index contributed by atoms with van der Waals surface area (Å²) >= 11 is 0. The summed E-state index contributed by atoms with van der Waals surface area (Å²) in [4.78, 5) is 21.7. The highest BCUT2D eigenvalue weighted by atomic mass is 19.1. The van der Waals surface area contributed by atoms with Gasteiger partial charge in [-0.15, -0.1) is 0 Å². The van der Waals surface area contributed by atoms with Crippen LogP contribution in [0.1, 0.15) is 12.8 Å². The second-order valence-electron chi connectivity index (χ2n) is 4.88. The molecular weight excluding hydrogens is 322 g/mol. The Morgan fingerprint density at radius 2 is 1.88 bits per heavy atom. The quantitative estimate of drug-likeness (QED) is 0.475. The number of non-ortho nitro benzene ring substituents is 1. The molecule has 0 fully saturated rings. The van der Waals surface area contributed by atoms with E-state index in [1.54, 1.807) is 0 Å². The Balaban J connectivity index is 1.80. The molecular formula is C16H14F2N2O4. The molecule has 6 nitrogen and oxygen atoms in total. The number of nitrogens with one attached hydrogen (secondary N) is 1. The molecule has 0 saturated carbocycles. The molecule has 0 spiro atoms. The van der Waals surface area contributed by atoms with Crippen LogP contribution in [-0.2, 0) is 4.79 Å². The number of rotatable bonds is 7. The van der Waals surface area contributed by atoms with Gasteiger partial charge < -0.3 is 10.1 Å². The third kappa shape index (κ3) is 5.01. The van der Waals surface area contributed by atoms with Crippen LogP contribution in [-0.4, -0.2) is 17.4 Å². The lowest BCUT2D eigenvalue weighted by atomic mass is 10.2. The van der Waals surface area contributed by atoms with Crippen molar-refractivity contribution in [1.29, 1.82) is 0 Å². The lowest BCUT2D eigenvalue weighted by molar-refractivity contribution is -0.384. The number of nitro benzene ring substituents is 1. The van der Waals surface area contributed by atoms with Gasteiger partial charge in [-0.1, -0.05) is 0 Å². The minimum atomic E-state index is -0.753. The summed E-state index contributed by atoms with van der Waals surface area (Å²) in [7, 11) is 0. The minimum absolute atomic E-state index is 0.0450. The fourth-order valence-electron chi connectivity index (χ4n) is 1.89. The van der Waals surface area contributed by atoms with E-state index in [1.807, 2.05) is 0 Å². The lowest BCUT2D eigenvalue weighted by Gasteiger charge is -2.08. The largest absolute Gasteiger partial charge is 0.494 e. The molecule has 1 N–H and O–H groups in total. The van der Waals surface area contributed by atoms with E-state index in [0.29, 0.717) is 12.2 Å². The fourth-order valence-corrected chi connectivity index (χ4v) is 1.89. The van der Waals surface area contributed by atoms with Crippen LogP contribution < -0.4 is 10.1 Å². The first-order valence-electron chi connectivity index (χ1n) is 7.08. The molecule has 0 radical (unpaired) electrons. The number of ether oxygens (including phenoxy) is 1. The van der Waals surface area contributed by atoms with Gasteiger partial charge in [0.15, 0.2) is 0 Å². The van der Waals surface area contributed by atoms with Gasteiger partial charge in [-0.3, -0.25) is 14.9 Å². The van der Waals surface area contributed by atoms with E-state index in [4.69, 9.17) is 4.74 Å². The van der Waals surface area contributed by atoms with Crippen LogP contribution in [0, 0.1) is 21.7 Å². The predicted molar refractivity (Wildman–Crippen MR) is 82.8 cm³/mol. The van der Waals surface area contributed by atoms with Crippen LogP contribution in [0.2, 0.25) is 0 Å². The van der Waals surface area contributed by atoms with E-state index in [1.165, 1.54) is 24.3 Å². The first kappa shape index (κ1) is 17.3. The first-order chi connectivity index (χ1) is 11.5. The molecule has 0 saturated heterocycles. The molecule has 0 aliphatic rings. The standard InChI is InChI=1S/C16H14F2N2O4/c17-11-3-6-13(7-4-11)24-9-1-2-16(21)19-15-10-12(20(22)23)5-8-14(15)18/h3-8,10H,1-2,9H2,(H,19,21). The molecule has 0 aliphatic heterocycles. The van der Waals surface area contributed by atoms with E-state index >= 15 is 0 Å². The van der Waals surface area contributed by atoms with Crippen molar-refractivity contribution in [3.63, 3.8) is 0 Å². The third-order valence-electron chi connectivity index (χ3n) is 3.07. The van der Waals surface area contributed by atoms with Gasteiger partial charge in [-0.05, 0) is 36.8 Å². The average molecular weight is 336 g/mol. The Kier molecular flexibility index (Phi) is 5.78. The average Bonchev–Trinajstić information content (AvgIpc) is 2.55. The van der Waals surface area contributed by atoms with Crippen molar-refractivity contribution in [2.45, 2.75) is 12.8 Å². The Hall–Kier alpha value is -3.03. The second kappa shape index (κ2) is 8.00. The molecule has 0 heterocycles. The van der Waals surface area contributed by atoms with Crippen molar-refractivity contribution in [3.8, 4) is 5.75 Å². The molecule has 0 atom stereocenters. The van der Waals surface area contributed by atoms with Gasteiger partial charge in [-0.25, -0.2) is 8.78 Å². The van der Waals surface area contributed by atoms with E-state index in [2.05, 4.69) is 5.32 Å². The van der Waals surface area contributed by atoms with E-state index in [-0.39, 0.29) is 30.2 Å². The highest BCUT2D eigenvalue weighted by molar-refractivity contribution is 5.91. The molecule has 126 valence electrons. The van der Waals surface area contributed by atoms with Crippen LogP contribution in [0.4, 0.5) is 20.2 Å². The summed E-state index contributed by atoms with van der Waals surface area (Å²) in [5.74, 6) is -1.14. The number of amides is 1. The molecule has 2 aromatic carbocycles. The van der Waals surface area contributed by atoms with Gasteiger partial charge in [0.2, 0.25) is 5.91 Å². The lowest BCUT2D eigenvalue weighted by Crippen LogP contribution is -2.14. The van der Waals surface area contributed by atoms with Crippen LogP contribution in [0.3, 0.4) is 0 Å². The van der Waals surface area contributed by atoms with Gasteiger partial charge in [0.05, 0.1) is 17.2 Å².